The summed E-state index contributed by atoms with van der Waals surface area (Å²) in [4.78, 5) is 14.5. The molecular weight excluding hydrogens is 334 g/mol. The third-order valence-corrected chi connectivity index (χ3v) is 4.50. The Hall–Kier alpha value is -1.59. The van der Waals surface area contributed by atoms with Crippen molar-refractivity contribution in [2.75, 3.05) is 0 Å². The van der Waals surface area contributed by atoms with Gasteiger partial charge in [0.2, 0.25) is 0 Å². The van der Waals surface area contributed by atoms with E-state index in [1.165, 1.54) is 17.1 Å². The summed E-state index contributed by atoms with van der Waals surface area (Å²) in [6.07, 6.45) is 0.242. The van der Waals surface area contributed by atoms with Crippen molar-refractivity contribution in [1.29, 1.82) is 0 Å². The highest BCUT2D eigenvalue weighted by atomic mass is 16.9. The number of nitrogens with zero attached hydrogens (tertiary/aromatic N) is 3. The van der Waals surface area contributed by atoms with E-state index >= 15 is 0 Å². The molecule has 4 rings (SSSR count). The molecule has 4 heterocycles. The quantitative estimate of drug-likeness (QED) is 0.588. The molecule has 0 radical (unpaired) electrons. The zero-order chi connectivity index (χ0) is 18.0. The molecule has 10 heteroatoms. The van der Waals surface area contributed by atoms with E-state index in [0.29, 0.717) is 0 Å². The summed E-state index contributed by atoms with van der Waals surface area (Å²) in [7, 11) is 0. The molecule has 1 aromatic heterocycles. The molecule has 138 valence electrons. The van der Waals surface area contributed by atoms with Gasteiger partial charge in [-0.15, -0.1) is 0 Å². The highest BCUT2D eigenvalue weighted by Gasteiger charge is 2.61. The maximum absolute atomic E-state index is 11.1. The van der Waals surface area contributed by atoms with Crippen LogP contribution in [0.4, 0.5) is 5.82 Å². The predicted octanol–water partition coefficient (Wildman–Crippen LogP) is 1.19. The Morgan fingerprint density at radius 3 is 2.48 bits per heavy atom. The zero-order valence-electron chi connectivity index (χ0n) is 14.4. The fraction of sp³-hybridized carbons (Fsp3) is 0.800. The molecule has 0 unspecified atom stereocenters. The van der Waals surface area contributed by atoms with Crippen LogP contribution >= 0.6 is 0 Å². The summed E-state index contributed by atoms with van der Waals surface area (Å²) in [5, 5.41) is 11.1. The van der Waals surface area contributed by atoms with Gasteiger partial charge in [-0.25, -0.2) is 9.55 Å². The minimum absolute atomic E-state index is 0.107. The number of nitro groups is 1. The van der Waals surface area contributed by atoms with Gasteiger partial charge in [0.25, 0.3) is 0 Å². The number of fused-ring (bicyclic) bond motifs is 3. The maximum Gasteiger partial charge on any atom is 0.342 e. The first-order valence-electron chi connectivity index (χ1n) is 8.16. The van der Waals surface area contributed by atoms with Gasteiger partial charge in [-0.3, -0.25) is 0 Å². The molecule has 3 fully saturated rings. The van der Waals surface area contributed by atoms with Gasteiger partial charge in [0.05, 0.1) is 0 Å². The van der Waals surface area contributed by atoms with Crippen LogP contribution in [0.3, 0.4) is 0 Å². The lowest BCUT2D eigenvalue weighted by atomic mass is 9.99. The Balaban J connectivity index is 1.62. The van der Waals surface area contributed by atoms with Crippen LogP contribution in [0, 0.1) is 10.1 Å². The third-order valence-electron chi connectivity index (χ3n) is 4.50. The minimum atomic E-state index is -0.803. The SMILES string of the molecule is CC1(C)O[C@H]2[C@@H](O1)[C@@H](Cn1cncc1[N+](=O)[O-])O[C@@H]1OC(C)(C)O[C@@H]12. The van der Waals surface area contributed by atoms with Gasteiger partial charge in [-0.05, 0) is 32.6 Å². The van der Waals surface area contributed by atoms with E-state index < -0.39 is 41.1 Å². The Bertz CT molecular complexity index is 688. The third kappa shape index (κ3) is 2.93. The molecule has 3 aliphatic heterocycles. The average Bonchev–Trinajstić information content (AvgIpc) is 3.13. The highest BCUT2D eigenvalue weighted by molar-refractivity contribution is 5.15. The first kappa shape index (κ1) is 16.9. The zero-order valence-corrected chi connectivity index (χ0v) is 14.4. The lowest BCUT2D eigenvalue weighted by Crippen LogP contribution is -2.56. The van der Waals surface area contributed by atoms with Crippen molar-refractivity contribution in [3.05, 3.63) is 22.6 Å². The van der Waals surface area contributed by atoms with Crippen LogP contribution in [0.25, 0.3) is 0 Å². The normalized spacial score (nSPS) is 38.3. The number of ether oxygens (including phenoxy) is 5. The van der Waals surface area contributed by atoms with Gasteiger partial charge in [0.15, 0.2) is 24.2 Å². The van der Waals surface area contributed by atoms with Crippen LogP contribution < -0.4 is 0 Å². The van der Waals surface area contributed by atoms with Crippen LogP contribution in [0.5, 0.6) is 0 Å². The van der Waals surface area contributed by atoms with Crippen molar-refractivity contribution in [3.8, 4) is 0 Å². The molecule has 1 aromatic rings. The molecule has 10 nitrogen and oxygen atoms in total. The maximum atomic E-state index is 11.1. The lowest BCUT2D eigenvalue weighted by molar-refractivity contribution is -0.392. The monoisotopic (exact) mass is 355 g/mol. The van der Waals surface area contributed by atoms with E-state index in [4.69, 9.17) is 23.7 Å². The standard InChI is InChI=1S/C15H21N3O7/c1-14(2)22-10-8(6-17-7-16-5-9(17)18(19)20)21-13-12(11(10)23-14)24-15(3,4)25-13/h5,7-8,10-13H,6H2,1-4H3/t8-,10+,11+,12-,13-/m1/s1. The van der Waals surface area contributed by atoms with E-state index in [0.717, 1.165) is 0 Å². The van der Waals surface area contributed by atoms with E-state index in [1.54, 1.807) is 13.8 Å². The van der Waals surface area contributed by atoms with Crippen molar-refractivity contribution in [1.82, 2.24) is 9.55 Å². The average molecular weight is 355 g/mol. The van der Waals surface area contributed by atoms with Crippen molar-refractivity contribution < 1.29 is 28.6 Å². The Kier molecular flexibility index (Phi) is 3.68. The van der Waals surface area contributed by atoms with Gasteiger partial charge in [-0.2, -0.15) is 0 Å². The van der Waals surface area contributed by atoms with Crippen molar-refractivity contribution in [2.45, 2.75) is 76.5 Å². The summed E-state index contributed by atoms with van der Waals surface area (Å²) in [6.45, 7) is 7.45. The van der Waals surface area contributed by atoms with Gasteiger partial charge in [0, 0.05) is 0 Å². The summed E-state index contributed by atoms with van der Waals surface area (Å²) in [6, 6.07) is 0. The topological polar surface area (TPSA) is 107 Å². The first-order chi connectivity index (χ1) is 11.7. The molecule has 0 amide bonds. The summed E-state index contributed by atoms with van der Waals surface area (Å²) in [5.41, 5.74) is 0. The second-order valence-corrected chi connectivity index (χ2v) is 7.37. The largest absolute Gasteiger partial charge is 0.358 e. The van der Waals surface area contributed by atoms with Crippen molar-refractivity contribution >= 4 is 5.82 Å². The smallest absolute Gasteiger partial charge is 0.342 e. The van der Waals surface area contributed by atoms with Crippen LogP contribution in [0.1, 0.15) is 27.7 Å². The molecule has 0 aromatic carbocycles. The molecular formula is C15H21N3O7. The molecule has 0 aliphatic carbocycles. The minimum Gasteiger partial charge on any atom is -0.358 e. The molecule has 3 saturated heterocycles. The fourth-order valence-corrected chi connectivity index (χ4v) is 3.64. The Morgan fingerprint density at radius 2 is 1.76 bits per heavy atom. The molecule has 0 bridgehead atoms. The van der Waals surface area contributed by atoms with Crippen LogP contribution in [-0.2, 0) is 30.2 Å². The molecule has 0 saturated carbocycles. The van der Waals surface area contributed by atoms with E-state index in [-0.39, 0.29) is 18.5 Å². The van der Waals surface area contributed by atoms with Crippen molar-refractivity contribution in [3.63, 3.8) is 0 Å². The first-order valence-corrected chi connectivity index (χ1v) is 8.16. The summed E-state index contributed by atoms with van der Waals surface area (Å²) >= 11 is 0. The van der Waals surface area contributed by atoms with Gasteiger partial charge in [-0.1, -0.05) is 0 Å². The summed E-state index contributed by atoms with van der Waals surface area (Å²) in [5.74, 6) is -1.71. The number of rotatable bonds is 3. The number of hydrogen-bond acceptors (Lipinski definition) is 8. The number of imidazole rings is 1. The fourth-order valence-electron chi connectivity index (χ4n) is 3.64. The lowest BCUT2D eigenvalue weighted by Gasteiger charge is -2.36. The van der Waals surface area contributed by atoms with Gasteiger partial charge >= 0.3 is 5.82 Å². The van der Waals surface area contributed by atoms with E-state index in [1.807, 2.05) is 13.8 Å². The summed E-state index contributed by atoms with van der Waals surface area (Å²) < 4.78 is 31.2. The Morgan fingerprint density at radius 1 is 1.12 bits per heavy atom. The van der Waals surface area contributed by atoms with Crippen molar-refractivity contribution in [2.24, 2.45) is 0 Å². The molecule has 25 heavy (non-hydrogen) atoms. The van der Waals surface area contributed by atoms with Crippen LogP contribution in [0.2, 0.25) is 0 Å². The number of aromatic nitrogens is 2. The van der Waals surface area contributed by atoms with Gasteiger partial charge in [0.1, 0.15) is 37.2 Å². The van der Waals surface area contributed by atoms with Crippen LogP contribution in [-0.4, -0.2) is 56.8 Å². The molecule has 5 atom stereocenters. The van der Waals surface area contributed by atoms with Crippen LogP contribution in [0.15, 0.2) is 12.5 Å². The second-order valence-electron chi connectivity index (χ2n) is 7.37. The number of hydrogen-bond donors (Lipinski definition) is 0. The molecule has 0 N–H and O–H groups in total. The van der Waals surface area contributed by atoms with E-state index in [9.17, 15) is 10.1 Å². The Labute approximate surface area is 144 Å². The van der Waals surface area contributed by atoms with Gasteiger partial charge < -0.3 is 33.8 Å². The predicted molar refractivity (Wildman–Crippen MR) is 81.4 cm³/mol. The molecule has 3 aliphatic rings. The highest BCUT2D eigenvalue weighted by Crippen LogP contribution is 2.44. The molecule has 0 spiro atoms. The van der Waals surface area contributed by atoms with E-state index in [2.05, 4.69) is 4.98 Å². The second kappa shape index (κ2) is 5.45.